The van der Waals surface area contributed by atoms with Gasteiger partial charge >= 0.3 is 0 Å². The van der Waals surface area contributed by atoms with Crippen LogP contribution in [0.2, 0.25) is 0 Å². The Morgan fingerprint density at radius 1 is 1.36 bits per heavy atom. The zero-order valence-electron chi connectivity index (χ0n) is 7.50. The molecule has 3 nitrogen and oxygen atoms in total. The van der Waals surface area contributed by atoms with Gasteiger partial charge in [0.25, 0.3) is 0 Å². The Bertz CT molecular complexity index is 142. The molecule has 0 aromatic rings. The second-order valence-corrected chi connectivity index (χ2v) is 3.55. The van der Waals surface area contributed by atoms with Gasteiger partial charge in [0.15, 0.2) is 5.79 Å². The lowest BCUT2D eigenvalue weighted by molar-refractivity contribution is -0.153. The Kier molecular flexibility index (Phi) is 2.23. The number of aliphatic hydroxyl groups excluding tert-OH is 1. The molecule has 11 heavy (non-hydrogen) atoms. The van der Waals surface area contributed by atoms with Crippen molar-refractivity contribution >= 4 is 0 Å². The van der Waals surface area contributed by atoms with E-state index in [-0.39, 0.29) is 12.2 Å². The van der Waals surface area contributed by atoms with Gasteiger partial charge in [-0.3, -0.25) is 0 Å². The fraction of sp³-hybridized carbons (Fsp3) is 1.00. The quantitative estimate of drug-likeness (QED) is 0.619. The molecule has 0 amide bonds. The molecule has 0 saturated carbocycles. The lowest BCUT2D eigenvalue weighted by Crippen LogP contribution is -2.31. The third-order valence-electron chi connectivity index (χ3n) is 1.83. The van der Waals surface area contributed by atoms with Crippen molar-refractivity contribution in [2.45, 2.75) is 51.8 Å². The van der Waals surface area contributed by atoms with Gasteiger partial charge in [-0.25, -0.2) is 0 Å². The molecule has 1 N–H and O–H groups in total. The number of aliphatic hydroxyl groups is 1. The van der Waals surface area contributed by atoms with Gasteiger partial charge in [0, 0.05) is 0 Å². The van der Waals surface area contributed by atoms with Crippen molar-refractivity contribution in [2.24, 2.45) is 0 Å². The van der Waals surface area contributed by atoms with Gasteiger partial charge in [-0.15, -0.1) is 0 Å². The molecule has 0 aromatic carbocycles. The highest BCUT2D eigenvalue weighted by Crippen LogP contribution is 2.29. The Hall–Kier alpha value is -0.120. The van der Waals surface area contributed by atoms with Crippen LogP contribution >= 0.6 is 0 Å². The third-order valence-corrected chi connectivity index (χ3v) is 1.83. The van der Waals surface area contributed by atoms with Crippen LogP contribution in [-0.2, 0) is 9.47 Å². The van der Waals surface area contributed by atoms with Crippen LogP contribution in [0.15, 0.2) is 0 Å². The summed E-state index contributed by atoms with van der Waals surface area (Å²) in [4.78, 5) is 0. The first-order chi connectivity index (χ1) is 4.92. The molecule has 1 heterocycles. The zero-order valence-corrected chi connectivity index (χ0v) is 7.50. The highest BCUT2D eigenvalue weighted by molar-refractivity contribution is 4.81. The standard InChI is InChI=1S/C8H16O3/c1-5(9)7-6(2)10-8(3,4)11-7/h5-7,9H,1-4H3/t5?,6-,7+/m0/s1. The van der Waals surface area contributed by atoms with Crippen LogP contribution in [0.25, 0.3) is 0 Å². The summed E-state index contributed by atoms with van der Waals surface area (Å²) in [7, 11) is 0. The number of ether oxygens (including phenoxy) is 2. The Balaban J connectivity index is 2.59. The molecule has 0 bridgehead atoms. The molecule has 0 aromatic heterocycles. The van der Waals surface area contributed by atoms with Crippen LogP contribution in [0.1, 0.15) is 27.7 Å². The topological polar surface area (TPSA) is 38.7 Å². The highest BCUT2D eigenvalue weighted by atomic mass is 16.8. The molecular formula is C8H16O3. The summed E-state index contributed by atoms with van der Waals surface area (Å²) in [6, 6.07) is 0. The van der Waals surface area contributed by atoms with Crippen molar-refractivity contribution in [1.29, 1.82) is 0 Å². The van der Waals surface area contributed by atoms with E-state index in [0.717, 1.165) is 0 Å². The minimum atomic E-state index is -0.541. The average Bonchev–Trinajstić information content (AvgIpc) is 2.05. The largest absolute Gasteiger partial charge is 0.391 e. The molecule has 0 spiro atoms. The van der Waals surface area contributed by atoms with Crippen molar-refractivity contribution < 1.29 is 14.6 Å². The van der Waals surface area contributed by atoms with Crippen LogP contribution in [0, 0.1) is 0 Å². The Morgan fingerprint density at radius 2 is 1.91 bits per heavy atom. The van der Waals surface area contributed by atoms with Crippen molar-refractivity contribution in [3.63, 3.8) is 0 Å². The van der Waals surface area contributed by atoms with E-state index in [0.29, 0.717) is 0 Å². The third kappa shape index (κ3) is 1.92. The van der Waals surface area contributed by atoms with Gasteiger partial charge in [-0.05, 0) is 27.7 Å². The molecular weight excluding hydrogens is 144 g/mol. The molecule has 1 aliphatic heterocycles. The SMILES string of the molecule is CC(O)[C@H]1OC(C)(C)O[C@H]1C. The molecule has 0 radical (unpaired) electrons. The maximum absolute atomic E-state index is 9.25. The van der Waals surface area contributed by atoms with Crippen molar-refractivity contribution in [3.05, 3.63) is 0 Å². The second-order valence-electron chi connectivity index (χ2n) is 3.55. The molecule has 3 atom stereocenters. The first-order valence-corrected chi connectivity index (χ1v) is 3.96. The van der Waals surface area contributed by atoms with Gasteiger partial charge in [-0.2, -0.15) is 0 Å². The molecule has 1 unspecified atom stereocenters. The zero-order chi connectivity index (χ0) is 8.65. The average molecular weight is 160 g/mol. The minimum absolute atomic E-state index is 0.0231. The summed E-state index contributed by atoms with van der Waals surface area (Å²) in [6.07, 6.45) is -0.679. The fourth-order valence-electron chi connectivity index (χ4n) is 1.46. The van der Waals surface area contributed by atoms with Crippen LogP contribution in [0.4, 0.5) is 0 Å². The normalized spacial score (nSPS) is 39.0. The lowest BCUT2D eigenvalue weighted by atomic mass is 10.1. The number of hydrogen-bond acceptors (Lipinski definition) is 3. The van der Waals surface area contributed by atoms with Gasteiger partial charge in [0.05, 0.1) is 12.2 Å². The van der Waals surface area contributed by atoms with Gasteiger partial charge < -0.3 is 14.6 Å². The second kappa shape index (κ2) is 2.73. The van der Waals surface area contributed by atoms with E-state index in [1.807, 2.05) is 20.8 Å². The molecule has 1 aliphatic rings. The minimum Gasteiger partial charge on any atom is -0.391 e. The van der Waals surface area contributed by atoms with E-state index in [1.165, 1.54) is 0 Å². The van der Waals surface area contributed by atoms with Crippen molar-refractivity contribution in [1.82, 2.24) is 0 Å². The van der Waals surface area contributed by atoms with E-state index < -0.39 is 11.9 Å². The summed E-state index contributed by atoms with van der Waals surface area (Å²) in [5.74, 6) is -0.541. The van der Waals surface area contributed by atoms with E-state index in [1.54, 1.807) is 6.92 Å². The van der Waals surface area contributed by atoms with E-state index in [4.69, 9.17) is 9.47 Å². The molecule has 1 rings (SSSR count). The predicted molar refractivity (Wildman–Crippen MR) is 41.2 cm³/mol. The number of hydrogen-bond donors (Lipinski definition) is 1. The monoisotopic (exact) mass is 160 g/mol. The van der Waals surface area contributed by atoms with Crippen LogP contribution in [0.3, 0.4) is 0 Å². The molecule has 1 fully saturated rings. The van der Waals surface area contributed by atoms with Crippen molar-refractivity contribution in [3.8, 4) is 0 Å². The Labute approximate surface area is 67.3 Å². The van der Waals surface area contributed by atoms with Gasteiger partial charge in [0.1, 0.15) is 6.10 Å². The first kappa shape index (κ1) is 8.97. The van der Waals surface area contributed by atoms with Crippen LogP contribution < -0.4 is 0 Å². The molecule has 0 aliphatic carbocycles. The summed E-state index contributed by atoms with van der Waals surface area (Å²) in [6.45, 7) is 7.33. The maximum Gasteiger partial charge on any atom is 0.163 e. The predicted octanol–water partition coefficient (Wildman–Crippen LogP) is 0.907. The molecule has 1 saturated heterocycles. The summed E-state index contributed by atoms with van der Waals surface area (Å²) < 4.78 is 10.9. The van der Waals surface area contributed by atoms with E-state index in [2.05, 4.69) is 0 Å². The van der Waals surface area contributed by atoms with Gasteiger partial charge in [-0.1, -0.05) is 0 Å². The smallest absolute Gasteiger partial charge is 0.163 e. The molecule has 66 valence electrons. The number of rotatable bonds is 1. The highest BCUT2D eigenvalue weighted by Gasteiger charge is 2.40. The van der Waals surface area contributed by atoms with Crippen LogP contribution in [-0.4, -0.2) is 29.2 Å². The van der Waals surface area contributed by atoms with Crippen LogP contribution in [0.5, 0.6) is 0 Å². The first-order valence-electron chi connectivity index (χ1n) is 3.96. The van der Waals surface area contributed by atoms with Crippen molar-refractivity contribution in [2.75, 3.05) is 0 Å². The van der Waals surface area contributed by atoms with E-state index >= 15 is 0 Å². The summed E-state index contributed by atoms with van der Waals surface area (Å²) in [5, 5.41) is 9.25. The maximum atomic E-state index is 9.25. The summed E-state index contributed by atoms with van der Waals surface area (Å²) in [5.41, 5.74) is 0. The molecule has 3 heteroatoms. The lowest BCUT2D eigenvalue weighted by Gasteiger charge is -2.18. The van der Waals surface area contributed by atoms with E-state index in [9.17, 15) is 5.11 Å². The van der Waals surface area contributed by atoms with Gasteiger partial charge in [0.2, 0.25) is 0 Å². The Morgan fingerprint density at radius 3 is 2.09 bits per heavy atom. The fourth-order valence-corrected chi connectivity index (χ4v) is 1.46. The summed E-state index contributed by atoms with van der Waals surface area (Å²) >= 11 is 0.